The van der Waals surface area contributed by atoms with E-state index >= 15 is 0 Å². The number of ether oxygens (including phenoxy) is 2. The number of methoxy groups -OCH3 is 1. The van der Waals surface area contributed by atoms with Crippen molar-refractivity contribution in [1.82, 2.24) is 5.32 Å². The van der Waals surface area contributed by atoms with E-state index in [-0.39, 0.29) is 6.04 Å². The Bertz CT molecular complexity index is 405. The van der Waals surface area contributed by atoms with Crippen LogP contribution in [0.5, 0.6) is 5.75 Å². The van der Waals surface area contributed by atoms with Gasteiger partial charge in [-0.05, 0) is 43.5 Å². The van der Waals surface area contributed by atoms with Gasteiger partial charge in [0.15, 0.2) is 0 Å². The molecule has 1 aromatic carbocycles. The molecule has 1 fully saturated rings. The summed E-state index contributed by atoms with van der Waals surface area (Å²) in [6.45, 7) is 3.95. The Balaban J connectivity index is 2.10. The van der Waals surface area contributed by atoms with E-state index in [1.54, 1.807) is 7.11 Å². The molecule has 4 heteroatoms. The molecule has 0 spiro atoms. The fraction of sp³-hybridized carbons (Fsp3) is 0.600. The molecule has 1 aliphatic rings. The van der Waals surface area contributed by atoms with Gasteiger partial charge in [0.25, 0.3) is 0 Å². The lowest BCUT2D eigenvalue weighted by molar-refractivity contribution is 0.0947. The number of nitrogens with one attached hydrogen (secondary N) is 1. The molecule has 2 atom stereocenters. The summed E-state index contributed by atoms with van der Waals surface area (Å²) < 4.78 is 10.9. The van der Waals surface area contributed by atoms with Crippen LogP contribution in [0.4, 0.5) is 0 Å². The Kier molecular flexibility index (Phi) is 5.49. The Labute approximate surface area is 120 Å². The van der Waals surface area contributed by atoms with Crippen LogP contribution in [0.1, 0.15) is 37.8 Å². The lowest BCUT2D eigenvalue weighted by atomic mass is 9.99. The van der Waals surface area contributed by atoms with E-state index in [4.69, 9.17) is 21.1 Å². The Morgan fingerprint density at radius 2 is 2.37 bits per heavy atom. The number of hydrogen-bond donors (Lipinski definition) is 1. The van der Waals surface area contributed by atoms with Gasteiger partial charge in [-0.1, -0.05) is 24.6 Å². The largest absolute Gasteiger partial charge is 0.495 e. The first kappa shape index (κ1) is 14.6. The second-order valence-electron chi connectivity index (χ2n) is 4.87. The fourth-order valence-corrected chi connectivity index (χ4v) is 2.84. The fourth-order valence-electron chi connectivity index (χ4n) is 2.58. The summed E-state index contributed by atoms with van der Waals surface area (Å²) >= 11 is 6.21. The third-order valence-corrected chi connectivity index (χ3v) is 3.85. The van der Waals surface area contributed by atoms with Crippen LogP contribution < -0.4 is 10.1 Å². The minimum Gasteiger partial charge on any atom is -0.495 e. The van der Waals surface area contributed by atoms with Gasteiger partial charge in [-0.3, -0.25) is 0 Å². The topological polar surface area (TPSA) is 30.5 Å². The van der Waals surface area contributed by atoms with Crippen LogP contribution >= 0.6 is 11.6 Å². The highest BCUT2D eigenvalue weighted by atomic mass is 35.5. The molecule has 106 valence electrons. The third-order valence-electron chi connectivity index (χ3n) is 3.55. The van der Waals surface area contributed by atoms with Crippen molar-refractivity contribution in [3.63, 3.8) is 0 Å². The highest BCUT2D eigenvalue weighted by Crippen LogP contribution is 2.31. The maximum Gasteiger partial charge on any atom is 0.137 e. The molecule has 2 unspecified atom stereocenters. The zero-order valence-electron chi connectivity index (χ0n) is 11.6. The number of hydrogen-bond acceptors (Lipinski definition) is 3. The lowest BCUT2D eigenvalue weighted by Crippen LogP contribution is -2.25. The smallest absolute Gasteiger partial charge is 0.137 e. The van der Waals surface area contributed by atoms with Crippen LogP contribution in [-0.2, 0) is 4.74 Å². The van der Waals surface area contributed by atoms with Crippen molar-refractivity contribution in [1.29, 1.82) is 0 Å². The lowest BCUT2D eigenvalue weighted by Gasteiger charge is -2.22. The summed E-state index contributed by atoms with van der Waals surface area (Å²) in [4.78, 5) is 0. The molecule has 1 aliphatic heterocycles. The van der Waals surface area contributed by atoms with E-state index < -0.39 is 0 Å². The molecular weight excluding hydrogens is 262 g/mol. The van der Waals surface area contributed by atoms with Crippen LogP contribution in [0.3, 0.4) is 0 Å². The molecule has 2 rings (SSSR count). The molecule has 0 bridgehead atoms. The predicted octanol–water partition coefficient (Wildman–Crippen LogP) is 3.57. The maximum absolute atomic E-state index is 6.21. The standard InChI is InChI=1S/C15H22ClNO2/c1-3-17-14(10-12-5-4-8-19-12)11-6-7-15(18-2)13(16)9-11/h6-7,9,12,14,17H,3-5,8,10H2,1-2H3. The van der Waals surface area contributed by atoms with E-state index in [1.807, 2.05) is 12.1 Å². The SMILES string of the molecule is CCNC(CC1CCCO1)c1ccc(OC)c(Cl)c1. The average molecular weight is 284 g/mol. The molecule has 0 aliphatic carbocycles. The van der Waals surface area contributed by atoms with Gasteiger partial charge in [0, 0.05) is 12.6 Å². The van der Waals surface area contributed by atoms with Crippen LogP contribution in [0.2, 0.25) is 5.02 Å². The zero-order valence-corrected chi connectivity index (χ0v) is 12.4. The van der Waals surface area contributed by atoms with E-state index in [0.717, 1.165) is 31.7 Å². The highest BCUT2D eigenvalue weighted by molar-refractivity contribution is 6.32. The molecule has 1 saturated heterocycles. The van der Waals surface area contributed by atoms with Crippen molar-refractivity contribution in [2.24, 2.45) is 0 Å². The van der Waals surface area contributed by atoms with Gasteiger partial charge in [0.1, 0.15) is 5.75 Å². The van der Waals surface area contributed by atoms with Crippen molar-refractivity contribution >= 4 is 11.6 Å². The minimum atomic E-state index is 0.288. The molecule has 0 saturated carbocycles. The van der Waals surface area contributed by atoms with Gasteiger partial charge in [-0.2, -0.15) is 0 Å². The Morgan fingerprint density at radius 3 is 2.95 bits per heavy atom. The van der Waals surface area contributed by atoms with Crippen molar-refractivity contribution in [2.75, 3.05) is 20.3 Å². The number of halogens is 1. The summed E-state index contributed by atoms with van der Waals surface area (Å²) in [5.41, 5.74) is 1.20. The molecule has 0 radical (unpaired) electrons. The zero-order chi connectivity index (χ0) is 13.7. The van der Waals surface area contributed by atoms with E-state index in [0.29, 0.717) is 11.1 Å². The van der Waals surface area contributed by atoms with Gasteiger partial charge in [0.05, 0.1) is 18.2 Å². The number of benzene rings is 1. The first-order valence-electron chi connectivity index (χ1n) is 6.93. The highest BCUT2D eigenvalue weighted by Gasteiger charge is 2.22. The van der Waals surface area contributed by atoms with Crippen LogP contribution in [0, 0.1) is 0 Å². The molecule has 0 amide bonds. The molecule has 1 N–H and O–H groups in total. The summed E-state index contributed by atoms with van der Waals surface area (Å²) in [6.07, 6.45) is 3.69. The quantitative estimate of drug-likeness (QED) is 0.866. The second-order valence-corrected chi connectivity index (χ2v) is 5.28. The van der Waals surface area contributed by atoms with Crippen molar-refractivity contribution in [3.05, 3.63) is 28.8 Å². The van der Waals surface area contributed by atoms with Crippen LogP contribution in [0.25, 0.3) is 0 Å². The Morgan fingerprint density at radius 1 is 1.53 bits per heavy atom. The number of rotatable bonds is 6. The minimum absolute atomic E-state index is 0.288. The maximum atomic E-state index is 6.21. The normalized spacial score (nSPS) is 20.5. The Hall–Kier alpha value is -0.770. The summed E-state index contributed by atoms with van der Waals surface area (Å²) in [5, 5.41) is 4.17. The summed E-state index contributed by atoms with van der Waals surface area (Å²) in [7, 11) is 1.63. The van der Waals surface area contributed by atoms with Crippen molar-refractivity contribution in [2.45, 2.75) is 38.3 Å². The second kappa shape index (κ2) is 7.13. The molecule has 0 aromatic heterocycles. The van der Waals surface area contributed by atoms with Gasteiger partial charge in [-0.25, -0.2) is 0 Å². The van der Waals surface area contributed by atoms with Crippen LogP contribution in [0.15, 0.2) is 18.2 Å². The first-order valence-corrected chi connectivity index (χ1v) is 7.30. The van der Waals surface area contributed by atoms with Crippen molar-refractivity contribution in [3.8, 4) is 5.75 Å². The van der Waals surface area contributed by atoms with Crippen LogP contribution in [-0.4, -0.2) is 26.4 Å². The monoisotopic (exact) mass is 283 g/mol. The summed E-state index contributed by atoms with van der Waals surface area (Å²) in [5.74, 6) is 0.720. The van der Waals surface area contributed by atoms with Crippen molar-refractivity contribution < 1.29 is 9.47 Å². The predicted molar refractivity (Wildman–Crippen MR) is 78.0 cm³/mol. The van der Waals surface area contributed by atoms with E-state index in [2.05, 4.69) is 18.3 Å². The van der Waals surface area contributed by atoms with E-state index in [1.165, 1.54) is 12.0 Å². The van der Waals surface area contributed by atoms with Gasteiger partial charge >= 0.3 is 0 Å². The van der Waals surface area contributed by atoms with Gasteiger partial charge in [-0.15, -0.1) is 0 Å². The molecule has 3 nitrogen and oxygen atoms in total. The third kappa shape index (κ3) is 3.85. The molecule has 19 heavy (non-hydrogen) atoms. The molecule has 1 heterocycles. The average Bonchev–Trinajstić information content (AvgIpc) is 2.91. The van der Waals surface area contributed by atoms with Gasteiger partial charge < -0.3 is 14.8 Å². The van der Waals surface area contributed by atoms with E-state index in [9.17, 15) is 0 Å². The van der Waals surface area contributed by atoms with Gasteiger partial charge in [0.2, 0.25) is 0 Å². The first-order chi connectivity index (χ1) is 9.24. The molecule has 1 aromatic rings. The molecular formula is C15H22ClNO2. The summed E-state index contributed by atoms with van der Waals surface area (Å²) in [6, 6.07) is 6.28.